The monoisotopic (exact) mass is 278 g/mol. The van der Waals surface area contributed by atoms with E-state index in [9.17, 15) is 14.4 Å². The minimum Gasteiger partial charge on any atom is -0.480 e. The average Bonchev–Trinajstić information content (AvgIpc) is 2.38. The van der Waals surface area contributed by atoms with Crippen LogP contribution in [0.2, 0.25) is 0 Å². The number of benzene rings is 1. The van der Waals surface area contributed by atoms with Crippen LogP contribution in [0.25, 0.3) is 0 Å². The van der Waals surface area contributed by atoms with Gasteiger partial charge in [-0.15, -0.1) is 0 Å². The summed E-state index contributed by atoms with van der Waals surface area (Å²) < 4.78 is 0. The van der Waals surface area contributed by atoms with Gasteiger partial charge >= 0.3 is 5.97 Å². The van der Waals surface area contributed by atoms with E-state index in [0.717, 1.165) is 5.56 Å². The Balaban J connectivity index is 2.75. The topological polar surface area (TPSA) is 95.5 Å². The van der Waals surface area contributed by atoms with E-state index in [1.807, 2.05) is 30.3 Å². The lowest BCUT2D eigenvalue weighted by atomic mass is 10.0. The molecule has 20 heavy (non-hydrogen) atoms. The van der Waals surface area contributed by atoms with Crippen molar-refractivity contribution in [2.45, 2.75) is 32.4 Å². The quantitative estimate of drug-likeness (QED) is 0.698. The predicted octanol–water partition coefficient (Wildman–Crippen LogP) is 0.323. The van der Waals surface area contributed by atoms with Crippen LogP contribution >= 0.6 is 0 Å². The number of hydrogen-bond acceptors (Lipinski definition) is 3. The minimum atomic E-state index is -1.13. The SMILES string of the molecule is CC(=O)N[C@@H](Cc1ccccc1)C(=O)N[C@@H](C)C(=O)O. The molecule has 1 aromatic carbocycles. The fourth-order valence-corrected chi connectivity index (χ4v) is 1.68. The van der Waals surface area contributed by atoms with Gasteiger partial charge in [0.15, 0.2) is 0 Å². The molecule has 6 nitrogen and oxygen atoms in total. The molecule has 2 amide bonds. The number of carbonyl (C=O) groups is 3. The van der Waals surface area contributed by atoms with Crippen LogP contribution in [0.3, 0.4) is 0 Å². The Morgan fingerprint density at radius 2 is 1.75 bits per heavy atom. The van der Waals surface area contributed by atoms with Crippen molar-refractivity contribution < 1.29 is 19.5 Å². The molecule has 6 heteroatoms. The van der Waals surface area contributed by atoms with Crippen LogP contribution in [-0.4, -0.2) is 35.0 Å². The smallest absolute Gasteiger partial charge is 0.325 e. The molecule has 2 atom stereocenters. The van der Waals surface area contributed by atoms with Crippen LogP contribution in [0.1, 0.15) is 19.4 Å². The van der Waals surface area contributed by atoms with Gasteiger partial charge < -0.3 is 15.7 Å². The molecule has 0 radical (unpaired) electrons. The van der Waals surface area contributed by atoms with Crippen molar-refractivity contribution in [1.82, 2.24) is 10.6 Å². The van der Waals surface area contributed by atoms with Crippen molar-refractivity contribution in [3.05, 3.63) is 35.9 Å². The maximum Gasteiger partial charge on any atom is 0.325 e. The molecular weight excluding hydrogens is 260 g/mol. The lowest BCUT2D eigenvalue weighted by Crippen LogP contribution is -2.51. The fraction of sp³-hybridized carbons (Fsp3) is 0.357. The first-order valence-corrected chi connectivity index (χ1v) is 6.24. The molecule has 0 saturated heterocycles. The first-order chi connectivity index (χ1) is 9.40. The first kappa shape index (κ1) is 15.7. The third-order valence-electron chi connectivity index (χ3n) is 2.71. The van der Waals surface area contributed by atoms with Gasteiger partial charge in [0.1, 0.15) is 12.1 Å². The zero-order chi connectivity index (χ0) is 15.1. The number of carboxylic acids is 1. The van der Waals surface area contributed by atoms with E-state index in [1.165, 1.54) is 13.8 Å². The van der Waals surface area contributed by atoms with Gasteiger partial charge in [-0.25, -0.2) is 0 Å². The third-order valence-corrected chi connectivity index (χ3v) is 2.71. The summed E-state index contributed by atoms with van der Waals surface area (Å²) in [6, 6.07) is 7.39. The molecular formula is C14H18N2O4. The summed E-state index contributed by atoms with van der Waals surface area (Å²) >= 11 is 0. The summed E-state index contributed by atoms with van der Waals surface area (Å²) in [7, 11) is 0. The molecule has 0 aliphatic rings. The third kappa shape index (κ3) is 5.09. The maximum absolute atomic E-state index is 12.0. The summed E-state index contributed by atoms with van der Waals surface area (Å²) in [6.45, 7) is 2.68. The normalized spacial score (nSPS) is 13.1. The molecule has 0 spiro atoms. The lowest BCUT2D eigenvalue weighted by molar-refractivity contribution is -0.141. The Kier molecular flexibility index (Phi) is 5.71. The van der Waals surface area contributed by atoms with Gasteiger partial charge in [0.2, 0.25) is 11.8 Å². The molecule has 0 aliphatic carbocycles. The number of nitrogens with one attached hydrogen (secondary N) is 2. The Bertz CT molecular complexity index is 487. The van der Waals surface area contributed by atoms with Crippen LogP contribution in [0.15, 0.2) is 30.3 Å². The highest BCUT2D eigenvalue weighted by molar-refractivity contribution is 5.90. The second-order valence-electron chi connectivity index (χ2n) is 4.51. The van der Waals surface area contributed by atoms with E-state index < -0.39 is 24.0 Å². The summed E-state index contributed by atoms with van der Waals surface area (Å²) in [5, 5.41) is 13.7. The van der Waals surface area contributed by atoms with Crippen LogP contribution < -0.4 is 10.6 Å². The molecule has 0 saturated carbocycles. The zero-order valence-corrected chi connectivity index (χ0v) is 11.4. The van der Waals surface area contributed by atoms with Gasteiger partial charge in [-0.1, -0.05) is 30.3 Å². The molecule has 108 valence electrons. The van der Waals surface area contributed by atoms with Crippen molar-refractivity contribution in [2.75, 3.05) is 0 Å². The Hall–Kier alpha value is -2.37. The number of amides is 2. The van der Waals surface area contributed by atoms with E-state index >= 15 is 0 Å². The minimum absolute atomic E-state index is 0.304. The van der Waals surface area contributed by atoms with E-state index in [1.54, 1.807) is 0 Å². The van der Waals surface area contributed by atoms with Gasteiger partial charge in [-0.3, -0.25) is 14.4 Å². The largest absolute Gasteiger partial charge is 0.480 e. The van der Waals surface area contributed by atoms with E-state index in [4.69, 9.17) is 5.11 Å². The Labute approximate surface area is 117 Å². The molecule has 0 aliphatic heterocycles. The highest BCUT2D eigenvalue weighted by Crippen LogP contribution is 2.04. The number of carboxylic acid groups (broad SMARTS) is 1. The summed E-state index contributed by atoms with van der Waals surface area (Å²) in [6.07, 6.45) is 0.304. The van der Waals surface area contributed by atoms with Gasteiger partial charge in [0, 0.05) is 13.3 Å². The number of rotatable bonds is 6. The maximum atomic E-state index is 12.0. The number of carbonyl (C=O) groups excluding carboxylic acids is 2. The van der Waals surface area contributed by atoms with E-state index in [-0.39, 0.29) is 5.91 Å². The highest BCUT2D eigenvalue weighted by atomic mass is 16.4. The zero-order valence-electron chi connectivity index (χ0n) is 11.4. The van der Waals surface area contributed by atoms with Crippen molar-refractivity contribution in [2.24, 2.45) is 0 Å². The molecule has 0 fully saturated rings. The molecule has 1 rings (SSSR count). The molecule has 0 aromatic heterocycles. The van der Waals surface area contributed by atoms with Crippen molar-refractivity contribution >= 4 is 17.8 Å². The van der Waals surface area contributed by atoms with Crippen LogP contribution in [0.4, 0.5) is 0 Å². The second kappa shape index (κ2) is 7.28. The van der Waals surface area contributed by atoms with Gasteiger partial charge in [-0.05, 0) is 12.5 Å². The van der Waals surface area contributed by atoms with Gasteiger partial charge in [0.25, 0.3) is 0 Å². The second-order valence-corrected chi connectivity index (χ2v) is 4.51. The molecule has 0 bridgehead atoms. The number of aliphatic carboxylic acids is 1. The van der Waals surface area contributed by atoms with Crippen molar-refractivity contribution in [3.63, 3.8) is 0 Å². The highest BCUT2D eigenvalue weighted by Gasteiger charge is 2.23. The summed E-state index contributed by atoms with van der Waals surface area (Å²) in [5.74, 6) is -1.98. The summed E-state index contributed by atoms with van der Waals surface area (Å²) in [4.78, 5) is 33.9. The first-order valence-electron chi connectivity index (χ1n) is 6.24. The summed E-state index contributed by atoms with van der Waals surface area (Å²) in [5.41, 5.74) is 0.879. The molecule has 0 unspecified atom stereocenters. The molecule has 1 aromatic rings. The van der Waals surface area contributed by atoms with Crippen LogP contribution in [-0.2, 0) is 20.8 Å². The van der Waals surface area contributed by atoms with Gasteiger partial charge in [0.05, 0.1) is 0 Å². The molecule has 0 heterocycles. The van der Waals surface area contributed by atoms with E-state index in [0.29, 0.717) is 6.42 Å². The predicted molar refractivity (Wildman–Crippen MR) is 73.0 cm³/mol. The Morgan fingerprint density at radius 1 is 1.15 bits per heavy atom. The van der Waals surface area contributed by atoms with E-state index in [2.05, 4.69) is 10.6 Å². The van der Waals surface area contributed by atoms with Crippen molar-refractivity contribution in [1.29, 1.82) is 0 Å². The fourth-order valence-electron chi connectivity index (χ4n) is 1.68. The number of hydrogen-bond donors (Lipinski definition) is 3. The van der Waals surface area contributed by atoms with Crippen LogP contribution in [0.5, 0.6) is 0 Å². The molecule has 3 N–H and O–H groups in total. The van der Waals surface area contributed by atoms with Crippen LogP contribution in [0, 0.1) is 0 Å². The van der Waals surface area contributed by atoms with Crippen molar-refractivity contribution in [3.8, 4) is 0 Å². The van der Waals surface area contributed by atoms with Gasteiger partial charge in [-0.2, -0.15) is 0 Å². The standard InChI is InChI=1S/C14H18N2O4/c1-9(14(19)20)15-13(18)12(16-10(2)17)8-11-6-4-3-5-7-11/h3-7,9,12H,8H2,1-2H3,(H,15,18)(H,16,17)(H,19,20)/t9-,12-/m0/s1. The average molecular weight is 278 g/mol. The lowest BCUT2D eigenvalue weighted by Gasteiger charge is -2.19. The Morgan fingerprint density at radius 3 is 2.25 bits per heavy atom.